The molecule has 0 N–H and O–H groups in total. The van der Waals surface area contributed by atoms with Crippen molar-refractivity contribution in [3.05, 3.63) is 81.4 Å². The third-order valence-corrected chi connectivity index (χ3v) is 5.82. The molecule has 5 rings (SSSR count). The summed E-state index contributed by atoms with van der Waals surface area (Å²) in [5, 5.41) is 5.29. The fraction of sp³-hybridized carbons (Fsp3) is 0. The van der Waals surface area contributed by atoms with Crippen molar-refractivity contribution in [1.29, 1.82) is 0 Å². The van der Waals surface area contributed by atoms with Crippen LogP contribution in [0.4, 0.5) is 0 Å². The molecule has 0 aliphatic rings. The molecule has 0 amide bonds. The van der Waals surface area contributed by atoms with Crippen molar-refractivity contribution in [1.82, 2.24) is 0 Å². The largest absolute Gasteiger partial charge is 0.456 e. The summed E-state index contributed by atoms with van der Waals surface area (Å²) in [5.74, 6) is 0. The van der Waals surface area contributed by atoms with Gasteiger partial charge < -0.3 is 4.42 Å². The number of fused-ring (bicyclic) bond motifs is 4. The summed E-state index contributed by atoms with van der Waals surface area (Å²) in [6.45, 7) is 0. The Kier molecular flexibility index (Phi) is 3.50. The highest BCUT2D eigenvalue weighted by Crippen LogP contribution is 2.38. The lowest BCUT2D eigenvalue weighted by Crippen LogP contribution is -1.84. The van der Waals surface area contributed by atoms with Crippen molar-refractivity contribution in [3.63, 3.8) is 0 Å². The van der Waals surface area contributed by atoms with E-state index in [-0.39, 0.29) is 0 Å². The molecule has 0 aliphatic heterocycles. The zero-order chi connectivity index (χ0) is 17.0. The molecule has 1 heterocycles. The number of furan rings is 1. The Bertz CT molecular complexity index is 1260. The molecule has 0 atom stereocenters. The highest BCUT2D eigenvalue weighted by atomic mass is 127. The van der Waals surface area contributed by atoms with Gasteiger partial charge in [-0.2, -0.15) is 0 Å². The Morgan fingerprint density at radius 3 is 2.44 bits per heavy atom. The predicted molar refractivity (Wildman–Crippen MR) is 114 cm³/mol. The second-order valence-electron chi connectivity index (χ2n) is 6.07. The van der Waals surface area contributed by atoms with Crippen molar-refractivity contribution >= 4 is 66.9 Å². The molecule has 0 spiro atoms. The van der Waals surface area contributed by atoms with E-state index in [0.717, 1.165) is 27.0 Å². The van der Waals surface area contributed by atoms with Crippen LogP contribution in [0.15, 0.2) is 77.2 Å². The van der Waals surface area contributed by atoms with E-state index in [4.69, 9.17) is 16.0 Å². The van der Waals surface area contributed by atoms with E-state index in [1.165, 1.54) is 25.5 Å². The Hall–Kier alpha value is -2.04. The second-order valence-corrected chi connectivity index (χ2v) is 7.64. The summed E-state index contributed by atoms with van der Waals surface area (Å²) in [7, 11) is 0. The SMILES string of the molecule is Clc1cccc2oc3ccc(-c4cccc5cccc(I)c45)cc3c12. The lowest BCUT2D eigenvalue weighted by Gasteiger charge is -2.09. The van der Waals surface area contributed by atoms with Crippen LogP contribution >= 0.6 is 34.2 Å². The van der Waals surface area contributed by atoms with Gasteiger partial charge in [0.1, 0.15) is 11.2 Å². The average Bonchev–Trinajstić information content (AvgIpc) is 3.00. The molecule has 5 aromatic rings. The Morgan fingerprint density at radius 2 is 1.56 bits per heavy atom. The summed E-state index contributed by atoms with van der Waals surface area (Å²) in [5.41, 5.74) is 4.09. The third-order valence-electron chi connectivity index (χ3n) is 4.61. The van der Waals surface area contributed by atoms with Gasteiger partial charge in [-0.25, -0.2) is 0 Å². The van der Waals surface area contributed by atoms with Gasteiger partial charge in [0.2, 0.25) is 0 Å². The van der Waals surface area contributed by atoms with Crippen molar-refractivity contribution < 1.29 is 4.42 Å². The van der Waals surface area contributed by atoms with Crippen LogP contribution < -0.4 is 0 Å². The van der Waals surface area contributed by atoms with E-state index in [2.05, 4.69) is 71.1 Å². The second kappa shape index (κ2) is 5.75. The number of benzene rings is 4. The van der Waals surface area contributed by atoms with Gasteiger partial charge >= 0.3 is 0 Å². The van der Waals surface area contributed by atoms with Gasteiger partial charge in [-0.05, 0) is 69.4 Å². The number of rotatable bonds is 1. The van der Waals surface area contributed by atoms with Crippen LogP contribution in [-0.4, -0.2) is 0 Å². The van der Waals surface area contributed by atoms with Gasteiger partial charge in [-0.15, -0.1) is 0 Å². The van der Waals surface area contributed by atoms with Crippen LogP contribution in [0.2, 0.25) is 5.02 Å². The molecule has 1 nitrogen and oxygen atoms in total. The van der Waals surface area contributed by atoms with Gasteiger partial charge in [0.05, 0.1) is 5.02 Å². The Labute approximate surface area is 163 Å². The first-order chi connectivity index (χ1) is 12.2. The average molecular weight is 455 g/mol. The minimum atomic E-state index is 0.723. The first-order valence-corrected chi connectivity index (χ1v) is 9.46. The fourth-order valence-electron chi connectivity index (χ4n) is 3.49. The molecule has 0 aliphatic carbocycles. The Balaban J connectivity index is 1.87. The molecule has 25 heavy (non-hydrogen) atoms. The normalized spacial score (nSPS) is 11.6. The van der Waals surface area contributed by atoms with Gasteiger partial charge in [-0.3, -0.25) is 0 Å². The highest BCUT2D eigenvalue weighted by molar-refractivity contribution is 14.1. The van der Waals surface area contributed by atoms with E-state index in [0.29, 0.717) is 0 Å². The molecular weight excluding hydrogens is 443 g/mol. The highest BCUT2D eigenvalue weighted by Gasteiger charge is 2.13. The monoisotopic (exact) mass is 454 g/mol. The topological polar surface area (TPSA) is 13.1 Å². The molecule has 0 bridgehead atoms. The lowest BCUT2D eigenvalue weighted by atomic mass is 9.97. The predicted octanol–water partition coefficient (Wildman–Crippen LogP) is 7.66. The number of halogens is 2. The van der Waals surface area contributed by atoms with Crippen molar-refractivity contribution in [3.8, 4) is 11.1 Å². The minimum Gasteiger partial charge on any atom is -0.456 e. The molecule has 0 fully saturated rings. The standard InChI is InChI=1S/C22H12ClIO/c23-17-7-3-9-20-22(17)16-12-14(10-11-19(16)25-20)15-6-1-4-13-5-2-8-18(24)21(13)15/h1-12H. The van der Waals surface area contributed by atoms with Crippen LogP contribution in [0.25, 0.3) is 43.8 Å². The molecule has 0 saturated heterocycles. The maximum Gasteiger partial charge on any atom is 0.136 e. The summed E-state index contributed by atoms with van der Waals surface area (Å²) in [6.07, 6.45) is 0. The smallest absolute Gasteiger partial charge is 0.136 e. The van der Waals surface area contributed by atoms with Crippen LogP contribution in [0.3, 0.4) is 0 Å². The zero-order valence-electron chi connectivity index (χ0n) is 13.1. The van der Waals surface area contributed by atoms with Crippen LogP contribution in [0.5, 0.6) is 0 Å². The third kappa shape index (κ3) is 2.35. The zero-order valence-corrected chi connectivity index (χ0v) is 16.0. The molecular formula is C22H12ClIO. The molecule has 4 aromatic carbocycles. The van der Waals surface area contributed by atoms with Crippen LogP contribution in [0.1, 0.15) is 0 Å². The molecule has 1 aromatic heterocycles. The summed E-state index contributed by atoms with van der Waals surface area (Å²) in [4.78, 5) is 0. The fourth-order valence-corrected chi connectivity index (χ4v) is 4.56. The van der Waals surface area contributed by atoms with E-state index in [9.17, 15) is 0 Å². The summed E-state index contributed by atoms with van der Waals surface area (Å²) in [6, 6.07) is 25.0. The van der Waals surface area contributed by atoms with E-state index >= 15 is 0 Å². The van der Waals surface area contributed by atoms with E-state index < -0.39 is 0 Å². The molecule has 120 valence electrons. The van der Waals surface area contributed by atoms with Gasteiger partial charge in [0.15, 0.2) is 0 Å². The molecule has 0 saturated carbocycles. The minimum absolute atomic E-state index is 0.723. The van der Waals surface area contributed by atoms with Crippen molar-refractivity contribution in [2.24, 2.45) is 0 Å². The first kappa shape index (κ1) is 15.2. The van der Waals surface area contributed by atoms with Crippen LogP contribution in [-0.2, 0) is 0 Å². The van der Waals surface area contributed by atoms with E-state index in [1.807, 2.05) is 24.3 Å². The lowest BCUT2D eigenvalue weighted by molar-refractivity contribution is 0.669. The van der Waals surface area contributed by atoms with Gasteiger partial charge in [-0.1, -0.05) is 54.1 Å². The van der Waals surface area contributed by atoms with Crippen molar-refractivity contribution in [2.45, 2.75) is 0 Å². The molecule has 0 unspecified atom stereocenters. The van der Waals surface area contributed by atoms with Crippen LogP contribution in [0, 0.1) is 3.57 Å². The van der Waals surface area contributed by atoms with Gasteiger partial charge in [0, 0.05) is 19.7 Å². The number of hydrogen-bond donors (Lipinski definition) is 0. The maximum absolute atomic E-state index is 6.43. The molecule has 0 radical (unpaired) electrons. The quantitative estimate of drug-likeness (QED) is 0.237. The van der Waals surface area contributed by atoms with Crippen molar-refractivity contribution in [2.75, 3.05) is 0 Å². The van der Waals surface area contributed by atoms with Gasteiger partial charge in [0.25, 0.3) is 0 Å². The van der Waals surface area contributed by atoms with E-state index in [1.54, 1.807) is 0 Å². The number of hydrogen-bond acceptors (Lipinski definition) is 1. The maximum atomic E-state index is 6.43. The summed E-state index contributed by atoms with van der Waals surface area (Å²) >= 11 is 8.84. The Morgan fingerprint density at radius 1 is 0.760 bits per heavy atom. The first-order valence-electron chi connectivity index (χ1n) is 8.01. The molecule has 3 heteroatoms. The summed E-state index contributed by atoms with van der Waals surface area (Å²) < 4.78 is 7.20.